The Hall–Kier alpha value is -1.15. The highest BCUT2D eigenvalue weighted by Gasteiger charge is 2.38. The maximum Gasteiger partial charge on any atom is 0.313 e. The molecule has 0 aromatic heterocycles. The van der Waals surface area contributed by atoms with E-state index in [9.17, 15) is 4.79 Å². The van der Waals surface area contributed by atoms with Gasteiger partial charge in [0.15, 0.2) is 0 Å². The number of hydrogen-bond acceptors (Lipinski definition) is 1. The largest absolute Gasteiger partial charge is 0.313 e. The van der Waals surface area contributed by atoms with Crippen LogP contribution in [0.15, 0.2) is 24.3 Å². The van der Waals surface area contributed by atoms with E-state index in [2.05, 4.69) is 38.1 Å². The summed E-state index contributed by atoms with van der Waals surface area (Å²) in [6, 6.07) is 8.85. The zero-order valence-corrected chi connectivity index (χ0v) is 23.6. The minimum atomic E-state index is 0.524. The third-order valence-electron chi connectivity index (χ3n) is 8.36. The molecule has 1 atom stereocenters. The summed E-state index contributed by atoms with van der Waals surface area (Å²) in [4.78, 5) is 13.6. The Balaban J connectivity index is 1.70. The van der Waals surface area contributed by atoms with E-state index in [-0.39, 0.29) is 0 Å². The van der Waals surface area contributed by atoms with Crippen LogP contribution >= 0.6 is 0 Å². The normalized spacial score (nSPS) is 17.4. The summed E-state index contributed by atoms with van der Waals surface area (Å²) in [5.41, 5.74) is 2.89. The van der Waals surface area contributed by atoms with Crippen molar-refractivity contribution < 1.29 is 9.28 Å². The number of rotatable bonds is 21. The van der Waals surface area contributed by atoms with E-state index in [1.54, 1.807) is 0 Å². The average molecular weight is 485 g/mol. The summed E-state index contributed by atoms with van der Waals surface area (Å²) in [6.07, 6.45) is 27.4. The van der Waals surface area contributed by atoms with Crippen molar-refractivity contribution in [2.75, 3.05) is 13.1 Å². The number of carbonyl (C=O) groups is 1. The van der Waals surface area contributed by atoms with Gasteiger partial charge in [0.05, 0.1) is 19.5 Å². The van der Waals surface area contributed by atoms with Gasteiger partial charge in [0.2, 0.25) is 0 Å². The number of quaternary nitrogens is 1. The number of hydrogen-bond donors (Lipinski definition) is 0. The van der Waals surface area contributed by atoms with Crippen LogP contribution in [0, 0.1) is 0 Å². The van der Waals surface area contributed by atoms with E-state index in [4.69, 9.17) is 0 Å². The highest BCUT2D eigenvalue weighted by molar-refractivity contribution is 5.69. The van der Waals surface area contributed by atoms with E-state index in [1.807, 2.05) is 0 Å². The van der Waals surface area contributed by atoms with Crippen molar-refractivity contribution in [3.8, 4) is 0 Å². The Morgan fingerprint density at radius 1 is 0.629 bits per heavy atom. The Morgan fingerprint density at radius 3 is 1.63 bits per heavy atom. The molecule has 1 aliphatic heterocycles. The average Bonchev–Trinajstić information content (AvgIpc) is 2.88. The molecule has 1 amide bonds. The van der Waals surface area contributed by atoms with Crippen LogP contribution in [0.5, 0.6) is 0 Å². The molecular formula is C33H58NO+. The molecule has 2 nitrogen and oxygen atoms in total. The number of amides is 1. The SMILES string of the molecule is CCCCCCCCCCCCCC[N+]1(C(=O)CCCCCCCCC)CCc2ccccc2C1. The lowest BCUT2D eigenvalue weighted by Crippen LogP contribution is -2.55. The molecule has 1 aliphatic rings. The third-order valence-corrected chi connectivity index (χ3v) is 8.36. The Morgan fingerprint density at radius 2 is 1.09 bits per heavy atom. The predicted octanol–water partition coefficient (Wildman–Crippen LogP) is 9.93. The second-order valence-electron chi connectivity index (χ2n) is 11.4. The minimum Gasteiger partial charge on any atom is -0.256 e. The molecular weight excluding hydrogens is 426 g/mol. The van der Waals surface area contributed by atoms with Gasteiger partial charge in [-0.15, -0.1) is 0 Å². The molecule has 0 radical (unpaired) electrons. The van der Waals surface area contributed by atoms with Crippen LogP contribution in [-0.4, -0.2) is 23.5 Å². The molecule has 2 heteroatoms. The van der Waals surface area contributed by atoms with Gasteiger partial charge in [-0.25, -0.2) is 4.79 Å². The molecule has 1 aromatic carbocycles. The van der Waals surface area contributed by atoms with E-state index in [0.29, 0.717) is 5.91 Å². The smallest absolute Gasteiger partial charge is 0.256 e. The maximum absolute atomic E-state index is 13.6. The molecule has 0 spiro atoms. The molecule has 1 heterocycles. The molecule has 0 aliphatic carbocycles. The van der Waals surface area contributed by atoms with E-state index >= 15 is 0 Å². The molecule has 0 saturated heterocycles. The van der Waals surface area contributed by atoms with Gasteiger partial charge in [-0.2, -0.15) is 0 Å². The zero-order valence-electron chi connectivity index (χ0n) is 23.6. The lowest BCUT2D eigenvalue weighted by molar-refractivity contribution is -0.870. The first kappa shape index (κ1) is 30.1. The predicted molar refractivity (Wildman–Crippen MR) is 153 cm³/mol. The second-order valence-corrected chi connectivity index (χ2v) is 11.4. The summed E-state index contributed by atoms with van der Waals surface area (Å²) in [5, 5.41) is 0. The number of fused-ring (bicyclic) bond motifs is 1. The van der Waals surface area contributed by atoms with Crippen LogP contribution in [0.1, 0.15) is 153 Å². The molecule has 0 bridgehead atoms. The van der Waals surface area contributed by atoms with Gasteiger partial charge < -0.3 is 0 Å². The molecule has 35 heavy (non-hydrogen) atoms. The monoisotopic (exact) mass is 484 g/mol. The van der Waals surface area contributed by atoms with Crippen LogP contribution in [-0.2, 0) is 17.8 Å². The standard InChI is InChI=1S/C33H58NO/c1-3-5-7-9-11-12-13-14-15-17-19-23-28-34(29-27-31-24-21-22-25-32(31)30-34)33(35)26-20-18-16-10-8-6-4-2/h21-22,24-25H,3-20,23,26-30H2,1-2H3/q+1. The van der Waals surface area contributed by atoms with Gasteiger partial charge in [-0.05, 0) is 24.8 Å². The molecule has 1 unspecified atom stereocenters. The summed E-state index contributed by atoms with van der Waals surface area (Å²) < 4.78 is 0.727. The topological polar surface area (TPSA) is 17.1 Å². The number of nitrogens with zero attached hydrogens (tertiary/aromatic N) is 1. The first-order chi connectivity index (χ1) is 17.2. The second kappa shape index (κ2) is 19.0. The quantitative estimate of drug-likeness (QED) is 0.125. The third kappa shape index (κ3) is 12.1. The fourth-order valence-corrected chi connectivity index (χ4v) is 5.95. The lowest BCUT2D eigenvalue weighted by atomic mass is 9.95. The first-order valence-corrected chi connectivity index (χ1v) is 15.7. The fourth-order valence-electron chi connectivity index (χ4n) is 5.95. The summed E-state index contributed by atoms with van der Waals surface area (Å²) in [7, 11) is 0. The van der Waals surface area contributed by atoms with Crippen molar-refractivity contribution >= 4 is 5.91 Å². The van der Waals surface area contributed by atoms with Gasteiger partial charge in [0.1, 0.15) is 6.54 Å². The van der Waals surface area contributed by atoms with Crippen molar-refractivity contribution in [2.24, 2.45) is 0 Å². The molecule has 0 N–H and O–H groups in total. The van der Waals surface area contributed by atoms with Crippen LogP contribution < -0.4 is 0 Å². The van der Waals surface area contributed by atoms with Gasteiger partial charge in [0.25, 0.3) is 0 Å². The van der Waals surface area contributed by atoms with Crippen LogP contribution in [0.2, 0.25) is 0 Å². The van der Waals surface area contributed by atoms with Crippen LogP contribution in [0.3, 0.4) is 0 Å². The summed E-state index contributed by atoms with van der Waals surface area (Å²) in [5.74, 6) is 0.524. The molecule has 200 valence electrons. The lowest BCUT2D eigenvalue weighted by Gasteiger charge is -2.40. The van der Waals surface area contributed by atoms with Crippen molar-refractivity contribution in [1.29, 1.82) is 0 Å². The molecule has 2 rings (SSSR count). The minimum absolute atomic E-state index is 0.524. The van der Waals surface area contributed by atoms with Gasteiger partial charge in [0, 0.05) is 12.0 Å². The molecule has 1 aromatic rings. The van der Waals surface area contributed by atoms with Crippen LogP contribution in [0.25, 0.3) is 0 Å². The summed E-state index contributed by atoms with van der Waals surface area (Å²) in [6.45, 7) is 7.57. The molecule has 0 fully saturated rings. The number of benzene rings is 1. The van der Waals surface area contributed by atoms with E-state index in [1.165, 1.54) is 127 Å². The van der Waals surface area contributed by atoms with Crippen LogP contribution in [0.4, 0.5) is 0 Å². The highest BCUT2D eigenvalue weighted by Crippen LogP contribution is 2.28. The van der Waals surface area contributed by atoms with Gasteiger partial charge in [-0.3, -0.25) is 4.48 Å². The molecule has 0 saturated carbocycles. The number of unbranched alkanes of at least 4 members (excludes halogenated alkanes) is 17. The van der Waals surface area contributed by atoms with Gasteiger partial charge in [-0.1, -0.05) is 141 Å². The van der Waals surface area contributed by atoms with E-state index in [0.717, 1.165) is 43.4 Å². The van der Waals surface area contributed by atoms with Crippen molar-refractivity contribution in [3.05, 3.63) is 35.4 Å². The van der Waals surface area contributed by atoms with Crippen molar-refractivity contribution in [1.82, 2.24) is 0 Å². The first-order valence-electron chi connectivity index (χ1n) is 15.7. The van der Waals surface area contributed by atoms with Gasteiger partial charge >= 0.3 is 5.91 Å². The Kier molecular flexibility index (Phi) is 16.4. The maximum atomic E-state index is 13.6. The van der Waals surface area contributed by atoms with E-state index < -0.39 is 0 Å². The van der Waals surface area contributed by atoms with Crippen molar-refractivity contribution in [2.45, 2.75) is 155 Å². The Labute approximate surface area is 218 Å². The summed E-state index contributed by atoms with van der Waals surface area (Å²) >= 11 is 0. The van der Waals surface area contributed by atoms with Crippen molar-refractivity contribution in [3.63, 3.8) is 0 Å². The number of carbonyl (C=O) groups excluding carboxylic acids is 1. The fraction of sp³-hybridized carbons (Fsp3) is 0.788. The highest BCUT2D eigenvalue weighted by atomic mass is 16.2. The zero-order chi connectivity index (χ0) is 25.0. The Bertz CT molecular complexity index is 669.